The summed E-state index contributed by atoms with van der Waals surface area (Å²) in [7, 11) is 0. The van der Waals surface area contributed by atoms with Crippen LogP contribution < -0.4 is 10.1 Å². The Morgan fingerprint density at radius 1 is 1.08 bits per heavy atom. The highest BCUT2D eigenvalue weighted by Gasteiger charge is 2.08. The summed E-state index contributed by atoms with van der Waals surface area (Å²) in [6.45, 7) is 2.95. The molecule has 3 rings (SSSR count). The van der Waals surface area contributed by atoms with Gasteiger partial charge in [-0.2, -0.15) is 0 Å². The number of hydrogen-bond donors (Lipinski definition) is 1. The molecule has 3 heterocycles. The quantitative estimate of drug-likeness (QED) is 0.704. The van der Waals surface area contributed by atoms with Crippen LogP contribution in [0, 0.1) is 0 Å². The van der Waals surface area contributed by atoms with Gasteiger partial charge in [0.05, 0.1) is 12.2 Å². The molecule has 0 fully saturated rings. The summed E-state index contributed by atoms with van der Waals surface area (Å²) >= 11 is 0. The fraction of sp³-hybridized carbons (Fsp3) is 0.211. The van der Waals surface area contributed by atoms with Crippen LogP contribution in [0.2, 0.25) is 0 Å². The normalized spacial score (nSPS) is 10.3. The maximum absolute atomic E-state index is 12.2. The van der Waals surface area contributed by atoms with E-state index in [9.17, 15) is 4.79 Å². The highest BCUT2D eigenvalue weighted by molar-refractivity contribution is 5.93. The Morgan fingerprint density at radius 2 is 1.92 bits per heavy atom. The van der Waals surface area contributed by atoms with Gasteiger partial charge in [-0.1, -0.05) is 12.1 Å². The summed E-state index contributed by atoms with van der Waals surface area (Å²) in [6, 6.07) is 11.1. The van der Waals surface area contributed by atoms with E-state index in [0.717, 1.165) is 5.69 Å². The number of carbonyl (C=O) groups excluding carboxylic acids is 1. The van der Waals surface area contributed by atoms with Gasteiger partial charge >= 0.3 is 0 Å². The lowest BCUT2D eigenvalue weighted by molar-refractivity contribution is 0.0953. The second-order valence-corrected chi connectivity index (χ2v) is 5.42. The van der Waals surface area contributed by atoms with Crippen LogP contribution in [0.15, 0.2) is 55.0 Å². The predicted octanol–water partition coefficient (Wildman–Crippen LogP) is 2.30. The van der Waals surface area contributed by atoms with E-state index in [2.05, 4.69) is 25.3 Å². The molecular weight excluding hydrogens is 330 g/mol. The smallest absolute Gasteiger partial charge is 0.254 e. The number of rotatable bonds is 7. The minimum Gasteiger partial charge on any atom is -0.478 e. The minimum atomic E-state index is -0.224. The molecule has 0 aliphatic carbocycles. The molecule has 1 amide bonds. The monoisotopic (exact) mass is 349 g/mol. The molecule has 7 nitrogen and oxygen atoms in total. The molecule has 0 bridgehead atoms. The van der Waals surface area contributed by atoms with Gasteiger partial charge in [0, 0.05) is 43.3 Å². The third-order valence-electron chi connectivity index (χ3n) is 3.55. The van der Waals surface area contributed by atoms with E-state index in [1.165, 1.54) is 12.4 Å². The van der Waals surface area contributed by atoms with Crippen LogP contribution in [-0.4, -0.2) is 39.0 Å². The van der Waals surface area contributed by atoms with Crippen LogP contribution in [0.4, 0.5) is 0 Å². The lowest BCUT2D eigenvalue weighted by Crippen LogP contribution is -2.26. The van der Waals surface area contributed by atoms with E-state index in [-0.39, 0.29) is 5.91 Å². The molecule has 3 aromatic heterocycles. The first-order chi connectivity index (χ1) is 12.8. The minimum absolute atomic E-state index is 0.224. The van der Waals surface area contributed by atoms with Gasteiger partial charge in [-0.3, -0.25) is 9.78 Å². The molecule has 0 unspecified atom stereocenters. The molecule has 0 saturated carbocycles. The second-order valence-electron chi connectivity index (χ2n) is 5.42. The summed E-state index contributed by atoms with van der Waals surface area (Å²) in [5.74, 6) is 0.854. The van der Waals surface area contributed by atoms with Crippen molar-refractivity contribution in [3.63, 3.8) is 0 Å². The number of amides is 1. The van der Waals surface area contributed by atoms with Crippen molar-refractivity contribution in [2.24, 2.45) is 0 Å². The number of nitrogens with one attached hydrogen (secondary N) is 1. The number of pyridine rings is 2. The van der Waals surface area contributed by atoms with Gasteiger partial charge < -0.3 is 10.1 Å². The largest absolute Gasteiger partial charge is 0.478 e. The van der Waals surface area contributed by atoms with Crippen molar-refractivity contribution >= 4 is 5.91 Å². The molecule has 0 radical (unpaired) electrons. The van der Waals surface area contributed by atoms with Crippen molar-refractivity contribution in [3.8, 4) is 17.4 Å². The van der Waals surface area contributed by atoms with E-state index in [0.29, 0.717) is 42.5 Å². The zero-order chi connectivity index (χ0) is 18.2. The summed E-state index contributed by atoms with van der Waals surface area (Å²) in [4.78, 5) is 29.2. The Kier molecular flexibility index (Phi) is 5.82. The molecule has 0 saturated heterocycles. The first-order valence-corrected chi connectivity index (χ1v) is 8.36. The Labute approximate surface area is 151 Å². The molecule has 0 spiro atoms. The van der Waals surface area contributed by atoms with E-state index < -0.39 is 0 Å². The fourth-order valence-electron chi connectivity index (χ4n) is 2.30. The molecule has 132 valence electrons. The molecule has 7 heteroatoms. The van der Waals surface area contributed by atoms with E-state index in [1.54, 1.807) is 6.20 Å². The van der Waals surface area contributed by atoms with Gasteiger partial charge in [0.2, 0.25) is 5.88 Å². The number of carbonyl (C=O) groups is 1. The van der Waals surface area contributed by atoms with E-state index in [4.69, 9.17) is 4.74 Å². The summed E-state index contributed by atoms with van der Waals surface area (Å²) in [5, 5.41) is 2.84. The maximum Gasteiger partial charge on any atom is 0.254 e. The molecule has 0 aromatic carbocycles. The number of nitrogens with zero attached hydrogens (tertiary/aromatic N) is 4. The van der Waals surface area contributed by atoms with Crippen molar-refractivity contribution < 1.29 is 9.53 Å². The highest BCUT2D eigenvalue weighted by Crippen LogP contribution is 2.10. The number of hydrogen-bond acceptors (Lipinski definition) is 6. The Bertz CT molecular complexity index is 853. The number of ether oxygens (including phenoxy) is 1. The van der Waals surface area contributed by atoms with Crippen LogP contribution >= 0.6 is 0 Å². The zero-order valence-electron chi connectivity index (χ0n) is 14.4. The molecule has 3 aromatic rings. The topological polar surface area (TPSA) is 89.9 Å². The van der Waals surface area contributed by atoms with Gasteiger partial charge in [0.1, 0.15) is 5.69 Å². The van der Waals surface area contributed by atoms with Gasteiger partial charge in [-0.05, 0) is 25.1 Å². The average molecular weight is 349 g/mol. The lowest BCUT2D eigenvalue weighted by Gasteiger charge is -2.07. The SMILES string of the molecule is CCOc1cccc(CCNC(=O)c2cnc(-c3ccccn3)nc2)n1. The molecular formula is C19H19N5O2. The molecule has 1 N–H and O–H groups in total. The Balaban J connectivity index is 1.54. The third kappa shape index (κ3) is 4.60. The molecule has 0 aliphatic rings. The lowest BCUT2D eigenvalue weighted by atomic mass is 10.2. The highest BCUT2D eigenvalue weighted by atomic mass is 16.5. The molecule has 0 atom stereocenters. The average Bonchev–Trinajstić information content (AvgIpc) is 2.69. The van der Waals surface area contributed by atoms with Crippen molar-refractivity contribution in [3.05, 3.63) is 66.2 Å². The summed E-state index contributed by atoms with van der Waals surface area (Å²) < 4.78 is 5.37. The van der Waals surface area contributed by atoms with Crippen LogP contribution in [0.5, 0.6) is 5.88 Å². The number of aromatic nitrogens is 4. The summed E-state index contributed by atoms with van der Waals surface area (Å²) in [6.07, 6.45) is 5.29. The van der Waals surface area contributed by atoms with Crippen molar-refractivity contribution in [1.29, 1.82) is 0 Å². The Hall–Kier alpha value is -3.35. The molecule has 26 heavy (non-hydrogen) atoms. The maximum atomic E-state index is 12.2. The van der Waals surface area contributed by atoms with Gasteiger partial charge in [-0.15, -0.1) is 0 Å². The third-order valence-corrected chi connectivity index (χ3v) is 3.55. The van der Waals surface area contributed by atoms with E-state index in [1.807, 2.05) is 43.3 Å². The van der Waals surface area contributed by atoms with Gasteiger partial charge in [-0.25, -0.2) is 15.0 Å². The van der Waals surface area contributed by atoms with Gasteiger partial charge in [0.25, 0.3) is 5.91 Å². The first kappa shape index (κ1) is 17.5. The zero-order valence-corrected chi connectivity index (χ0v) is 14.4. The van der Waals surface area contributed by atoms with Crippen LogP contribution in [-0.2, 0) is 6.42 Å². The van der Waals surface area contributed by atoms with Gasteiger partial charge in [0.15, 0.2) is 5.82 Å². The fourth-order valence-corrected chi connectivity index (χ4v) is 2.30. The van der Waals surface area contributed by atoms with E-state index >= 15 is 0 Å². The van der Waals surface area contributed by atoms with Crippen LogP contribution in [0.3, 0.4) is 0 Å². The van der Waals surface area contributed by atoms with Crippen LogP contribution in [0.25, 0.3) is 11.5 Å². The Morgan fingerprint density at radius 3 is 2.65 bits per heavy atom. The van der Waals surface area contributed by atoms with Crippen molar-refractivity contribution in [2.45, 2.75) is 13.3 Å². The second kappa shape index (κ2) is 8.66. The van der Waals surface area contributed by atoms with Crippen molar-refractivity contribution in [1.82, 2.24) is 25.3 Å². The standard InChI is InChI=1S/C19H19N5O2/c1-2-26-17-8-5-6-15(24-17)9-11-21-19(25)14-12-22-18(23-13-14)16-7-3-4-10-20-16/h3-8,10,12-13H,2,9,11H2,1H3,(H,21,25). The first-order valence-electron chi connectivity index (χ1n) is 8.36. The predicted molar refractivity (Wildman–Crippen MR) is 96.7 cm³/mol. The van der Waals surface area contributed by atoms with Crippen molar-refractivity contribution in [2.75, 3.05) is 13.2 Å². The van der Waals surface area contributed by atoms with Crippen LogP contribution in [0.1, 0.15) is 23.0 Å². The molecule has 0 aliphatic heterocycles. The summed E-state index contributed by atoms with van der Waals surface area (Å²) in [5.41, 5.74) is 1.93.